The molecular formula is C16H14ClN3O3S. The molecule has 0 fully saturated rings. The van der Waals surface area contributed by atoms with Crippen molar-refractivity contribution in [1.82, 2.24) is 5.32 Å². The summed E-state index contributed by atoms with van der Waals surface area (Å²) in [6.45, 7) is 3.34. The molecule has 0 bridgehead atoms. The highest BCUT2D eigenvalue weighted by atomic mass is 35.5. The Morgan fingerprint density at radius 3 is 2.50 bits per heavy atom. The zero-order chi connectivity index (χ0) is 17.9. The minimum Gasteiger partial charge on any atom is -0.332 e. The Morgan fingerprint density at radius 2 is 1.83 bits per heavy atom. The van der Waals surface area contributed by atoms with Crippen LogP contribution in [0.4, 0.5) is 11.4 Å². The summed E-state index contributed by atoms with van der Waals surface area (Å²) < 4.78 is 0. The molecule has 0 aliphatic rings. The van der Waals surface area contributed by atoms with Crippen LogP contribution >= 0.6 is 23.8 Å². The van der Waals surface area contributed by atoms with E-state index in [0.29, 0.717) is 10.7 Å². The smallest absolute Gasteiger partial charge is 0.273 e. The fraction of sp³-hybridized carbons (Fsp3) is 0.125. The Bertz CT molecular complexity index is 839. The Hall–Kier alpha value is -2.51. The van der Waals surface area contributed by atoms with Gasteiger partial charge in [0.25, 0.3) is 11.6 Å². The van der Waals surface area contributed by atoms with E-state index in [9.17, 15) is 14.9 Å². The molecule has 2 N–H and O–H groups in total. The summed E-state index contributed by atoms with van der Waals surface area (Å²) in [4.78, 5) is 22.7. The number of halogens is 1. The summed E-state index contributed by atoms with van der Waals surface area (Å²) in [5, 5.41) is 17.0. The van der Waals surface area contributed by atoms with Gasteiger partial charge in [-0.25, -0.2) is 0 Å². The Labute approximate surface area is 149 Å². The van der Waals surface area contributed by atoms with E-state index in [-0.39, 0.29) is 21.9 Å². The molecular weight excluding hydrogens is 350 g/mol. The van der Waals surface area contributed by atoms with Crippen LogP contribution in [0.5, 0.6) is 0 Å². The number of nitrogens with zero attached hydrogens (tertiary/aromatic N) is 1. The van der Waals surface area contributed by atoms with Gasteiger partial charge >= 0.3 is 0 Å². The molecule has 8 heteroatoms. The molecule has 2 aromatic carbocycles. The van der Waals surface area contributed by atoms with E-state index in [1.807, 2.05) is 6.92 Å². The van der Waals surface area contributed by atoms with E-state index in [1.54, 1.807) is 18.2 Å². The van der Waals surface area contributed by atoms with Gasteiger partial charge in [-0.1, -0.05) is 23.7 Å². The minimum absolute atomic E-state index is 0.0799. The van der Waals surface area contributed by atoms with Crippen molar-refractivity contribution >= 4 is 46.2 Å². The first-order chi connectivity index (χ1) is 11.3. The van der Waals surface area contributed by atoms with Crippen LogP contribution in [0.3, 0.4) is 0 Å². The molecule has 6 nitrogen and oxygen atoms in total. The number of rotatable bonds is 3. The molecule has 0 aromatic heterocycles. The summed E-state index contributed by atoms with van der Waals surface area (Å²) in [5.41, 5.74) is 1.82. The average Bonchev–Trinajstić information content (AvgIpc) is 2.51. The quantitative estimate of drug-likeness (QED) is 0.489. The number of benzene rings is 2. The predicted molar refractivity (Wildman–Crippen MR) is 97.7 cm³/mol. The van der Waals surface area contributed by atoms with Gasteiger partial charge in [-0.15, -0.1) is 0 Å². The normalized spacial score (nSPS) is 10.1. The maximum atomic E-state index is 12.3. The van der Waals surface area contributed by atoms with Crippen molar-refractivity contribution in [2.75, 3.05) is 5.32 Å². The van der Waals surface area contributed by atoms with Crippen molar-refractivity contribution in [3.8, 4) is 0 Å². The van der Waals surface area contributed by atoms with E-state index in [2.05, 4.69) is 10.6 Å². The van der Waals surface area contributed by atoms with E-state index >= 15 is 0 Å². The lowest BCUT2D eigenvalue weighted by Gasteiger charge is -2.13. The molecule has 0 radical (unpaired) electrons. The summed E-state index contributed by atoms with van der Waals surface area (Å²) >= 11 is 11.2. The molecule has 124 valence electrons. The van der Waals surface area contributed by atoms with E-state index in [1.165, 1.54) is 25.1 Å². The SMILES string of the molecule is Cc1c(Cl)cccc1NC(=S)NC(=O)c1cccc([N+](=O)[O-])c1C. The number of carbonyl (C=O) groups is 1. The molecule has 0 spiro atoms. The number of nitro groups is 1. The van der Waals surface area contributed by atoms with Crippen LogP contribution in [0.15, 0.2) is 36.4 Å². The summed E-state index contributed by atoms with van der Waals surface area (Å²) in [7, 11) is 0. The van der Waals surface area contributed by atoms with E-state index in [4.69, 9.17) is 23.8 Å². The first kappa shape index (κ1) is 17.8. The largest absolute Gasteiger partial charge is 0.332 e. The third-order valence-electron chi connectivity index (χ3n) is 3.49. The number of amides is 1. The molecule has 0 aliphatic heterocycles. The summed E-state index contributed by atoms with van der Waals surface area (Å²) in [5.74, 6) is -0.520. The molecule has 2 rings (SSSR count). The monoisotopic (exact) mass is 363 g/mol. The highest BCUT2D eigenvalue weighted by Gasteiger charge is 2.18. The number of thiocarbonyl (C=S) groups is 1. The van der Waals surface area contributed by atoms with E-state index in [0.717, 1.165) is 5.56 Å². The van der Waals surface area contributed by atoms with Crippen LogP contribution < -0.4 is 10.6 Å². The van der Waals surface area contributed by atoms with Crippen molar-refractivity contribution in [1.29, 1.82) is 0 Å². The first-order valence-electron chi connectivity index (χ1n) is 6.92. The van der Waals surface area contributed by atoms with Crippen LogP contribution in [-0.4, -0.2) is 15.9 Å². The lowest BCUT2D eigenvalue weighted by atomic mass is 10.1. The molecule has 0 aliphatic carbocycles. The number of anilines is 1. The van der Waals surface area contributed by atoms with E-state index < -0.39 is 10.8 Å². The van der Waals surface area contributed by atoms with Gasteiger partial charge in [0.2, 0.25) is 0 Å². The van der Waals surface area contributed by atoms with Crippen LogP contribution in [0.2, 0.25) is 5.02 Å². The highest BCUT2D eigenvalue weighted by Crippen LogP contribution is 2.23. The van der Waals surface area contributed by atoms with Gasteiger partial charge in [0.15, 0.2) is 5.11 Å². The van der Waals surface area contributed by atoms with Crippen molar-refractivity contribution in [3.63, 3.8) is 0 Å². The number of hydrogen-bond acceptors (Lipinski definition) is 4. The zero-order valence-electron chi connectivity index (χ0n) is 12.9. The predicted octanol–water partition coefficient (Wildman–Crippen LogP) is 3.99. The maximum Gasteiger partial charge on any atom is 0.273 e. The van der Waals surface area contributed by atoms with Gasteiger partial charge in [-0.05, 0) is 49.8 Å². The number of carbonyl (C=O) groups excluding carboxylic acids is 1. The molecule has 0 atom stereocenters. The fourth-order valence-electron chi connectivity index (χ4n) is 2.13. The van der Waals surface area contributed by atoms with Gasteiger partial charge in [-0.3, -0.25) is 20.2 Å². The fourth-order valence-corrected chi connectivity index (χ4v) is 2.51. The van der Waals surface area contributed by atoms with Crippen LogP contribution in [0.25, 0.3) is 0 Å². The molecule has 1 amide bonds. The lowest BCUT2D eigenvalue weighted by molar-refractivity contribution is -0.385. The van der Waals surface area contributed by atoms with Crippen molar-refractivity contribution in [3.05, 3.63) is 68.2 Å². The molecule has 24 heavy (non-hydrogen) atoms. The minimum atomic E-state index is -0.530. The van der Waals surface area contributed by atoms with Crippen LogP contribution in [0.1, 0.15) is 21.5 Å². The van der Waals surface area contributed by atoms with Gasteiger partial charge in [-0.2, -0.15) is 0 Å². The second kappa shape index (κ2) is 7.37. The van der Waals surface area contributed by atoms with Crippen molar-refractivity contribution < 1.29 is 9.72 Å². The van der Waals surface area contributed by atoms with Crippen LogP contribution in [-0.2, 0) is 0 Å². The number of nitro benzene ring substituents is 1. The topological polar surface area (TPSA) is 84.3 Å². The van der Waals surface area contributed by atoms with Crippen molar-refractivity contribution in [2.24, 2.45) is 0 Å². The molecule has 0 heterocycles. The molecule has 0 saturated carbocycles. The zero-order valence-corrected chi connectivity index (χ0v) is 14.5. The average molecular weight is 364 g/mol. The molecule has 0 unspecified atom stereocenters. The third-order valence-corrected chi connectivity index (χ3v) is 4.10. The Balaban J connectivity index is 2.15. The highest BCUT2D eigenvalue weighted by molar-refractivity contribution is 7.80. The van der Waals surface area contributed by atoms with Gasteiger partial charge < -0.3 is 5.32 Å². The third kappa shape index (κ3) is 3.87. The molecule has 2 aromatic rings. The number of nitrogens with one attached hydrogen (secondary N) is 2. The van der Waals surface area contributed by atoms with Crippen LogP contribution in [0, 0.1) is 24.0 Å². The summed E-state index contributed by atoms with van der Waals surface area (Å²) in [6.07, 6.45) is 0. The Kier molecular flexibility index (Phi) is 5.48. The maximum absolute atomic E-state index is 12.3. The van der Waals surface area contributed by atoms with Gasteiger partial charge in [0.05, 0.1) is 4.92 Å². The second-order valence-corrected chi connectivity index (χ2v) is 5.84. The number of hydrogen-bond donors (Lipinski definition) is 2. The second-order valence-electron chi connectivity index (χ2n) is 5.03. The van der Waals surface area contributed by atoms with Gasteiger partial charge in [0, 0.05) is 27.9 Å². The summed E-state index contributed by atoms with van der Waals surface area (Å²) in [6, 6.07) is 9.59. The first-order valence-corrected chi connectivity index (χ1v) is 7.71. The van der Waals surface area contributed by atoms with Gasteiger partial charge in [0.1, 0.15) is 0 Å². The molecule has 0 saturated heterocycles. The Morgan fingerprint density at radius 1 is 1.17 bits per heavy atom. The van der Waals surface area contributed by atoms with Crippen molar-refractivity contribution in [2.45, 2.75) is 13.8 Å². The lowest BCUT2D eigenvalue weighted by Crippen LogP contribution is -2.34. The standard InChI is InChI=1S/C16H14ClN3O3S/c1-9-11(5-3-8-14(9)20(22)23)15(21)19-16(24)18-13-7-4-6-12(17)10(13)2/h3-8H,1-2H3,(H2,18,19,21,24).